The number of amides is 6. The molecule has 10 rings (SSSR count). The summed E-state index contributed by atoms with van der Waals surface area (Å²) in [4.78, 5) is 116. The van der Waals surface area contributed by atoms with E-state index in [0.717, 1.165) is 58.1 Å². The van der Waals surface area contributed by atoms with Gasteiger partial charge in [-0.05, 0) is 135 Å². The van der Waals surface area contributed by atoms with Gasteiger partial charge in [0.15, 0.2) is 16.9 Å². The minimum absolute atomic E-state index is 0.0410. The van der Waals surface area contributed by atoms with Crippen molar-refractivity contribution < 1.29 is 95.1 Å². The number of carbonyl (C=O) groups excluding carboxylic acids is 6. The van der Waals surface area contributed by atoms with Gasteiger partial charge in [-0.3, -0.25) is 38.7 Å². The molecule has 3 aliphatic heterocycles. The fourth-order valence-electron chi connectivity index (χ4n) is 16.0. The number of benzene rings is 3. The molecule has 576 valence electrons. The van der Waals surface area contributed by atoms with Crippen LogP contribution in [0.1, 0.15) is 155 Å². The average Bonchev–Trinajstić information content (AvgIpc) is 1.00. The Labute approximate surface area is 624 Å². The van der Waals surface area contributed by atoms with Gasteiger partial charge in [-0.2, -0.15) is 8.42 Å². The van der Waals surface area contributed by atoms with E-state index >= 15 is 0 Å². The van der Waals surface area contributed by atoms with E-state index in [1.165, 1.54) is 40.5 Å². The van der Waals surface area contributed by atoms with Crippen molar-refractivity contribution in [1.82, 2.24) is 35.7 Å². The number of pyridine rings is 1. The van der Waals surface area contributed by atoms with Crippen molar-refractivity contribution >= 4 is 102 Å². The molecule has 3 fully saturated rings. The number of anilines is 2. The molecule has 6 amide bonds. The topological polar surface area (TPSA) is 414 Å². The second-order valence-corrected chi connectivity index (χ2v) is 32.2. The van der Waals surface area contributed by atoms with Crippen LogP contribution in [0.3, 0.4) is 0 Å². The first-order chi connectivity index (χ1) is 50.7. The molecule has 2 aromatic heterocycles. The number of fused-ring (bicyclic) bond motifs is 4. The zero-order valence-corrected chi connectivity index (χ0v) is 62.7. The SMILES string of the molecule is COc1ccc(C(=O)Nc2nc3ccccc3s2)c2c1CCN(c1ccc(/C(C=N)=C(\C)NCC3(C)CC4(C)CC(C)(C)CC(OCCN(C)C(=O)OCc5ccc(O[C@H]6C[C@@H](O)C[C@@H](C(=O)O)O6)cc5OCCCNC(=O)[C@H](CS(=O)(=O)O)NC(=O)CCCCCN5C(=O)C=CC5=O)(C3)C4)c(C(=O)O)n1)C2. The predicted molar refractivity (Wildman–Crippen MR) is 395 cm³/mol. The number of nitrogens with one attached hydrogen (secondary N) is 5. The molecule has 5 aliphatic rings. The van der Waals surface area contributed by atoms with Crippen LogP contribution in [-0.4, -0.2) is 198 Å². The van der Waals surface area contributed by atoms with Crippen LogP contribution in [0.5, 0.6) is 17.2 Å². The number of aliphatic hydroxyl groups is 1. The number of ether oxygens (including phenoxy) is 6. The Bertz CT molecular complexity index is 4340. The number of nitrogens with zero attached hydrogens (tertiary/aromatic N) is 5. The fraction of sp³-hybridized carbons (Fsp3) is 0.507. The Morgan fingerprint density at radius 1 is 0.869 bits per heavy atom. The second kappa shape index (κ2) is 34.1. The largest absolute Gasteiger partial charge is 0.496 e. The van der Waals surface area contributed by atoms with Crippen molar-refractivity contribution in [2.75, 3.05) is 76.1 Å². The van der Waals surface area contributed by atoms with Crippen LogP contribution < -0.4 is 40.4 Å². The molecule has 0 spiro atoms. The lowest BCUT2D eigenvalue weighted by atomic mass is 9.48. The number of hydrogen-bond donors (Lipinski definition) is 9. The molecule has 5 heterocycles. The molecular weight excluding hydrogens is 1430 g/mol. The Morgan fingerprint density at radius 2 is 1.63 bits per heavy atom. The van der Waals surface area contributed by atoms with Crippen LogP contribution in [0.15, 0.2) is 84.6 Å². The monoisotopic (exact) mass is 1520 g/mol. The van der Waals surface area contributed by atoms with Crippen molar-refractivity contribution in [2.24, 2.45) is 16.2 Å². The molecule has 0 radical (unpaired) electrons. The quantitative estimate of drug-likeness (QED) is 0.00809. The van der Waals surface area contributed by atoms with E-state index in [1.54, 1.807) is 44.5 Å². The number of aromatic nitrogens is 2. The zero-order valence-electron chi connectivity index (χ0n) is 61.0. The van der Waals surface area contributed by atoms with E-state index in [0.29, 0.717) is 77.9 Å². The number of aliphatic hydroxyl groups excluding tert-OH is 1. The minimum atomic E-state index is -4.75. The number of aromatic carboxylic acids is 1. The molecule has 2 aliphatic carbocycles. The number of carbonyl (C=O) groups is 8. The van der Waals surface area contributed by atoms with Crippen LogP contribution >= 0.6 is 11.3 Å². The van der Waals surface area contributed by atoms with Gasteiger partial charge in [0, 0.05) is 124 Å². The van der Waals surface area contributed by atoms with Crippen molar-refractivity contribution in [3.05, 3.63) is 118 Å². The highest BCUT2D eigenvalue weighted by Gasteiger charge is 2.58. The molecule has 3 unspecified atom stereocenters. The number of allylic oxidation sites excluding steroid dienone is 2. The van der Waals surface area contributed by atoms with Gasteiger partial charge in [-0.25, -0.2) is 24.4 Å². The summed E-state index contributed by atoms with van der Waals surface area (Å²) in [5, 5.41) is 51.4. The van der Waals surface area contributed by atoms with E-state index in [-0.39, 0.29) is 123 Å². The van der Waals surface area contributed by atoms with E-state index in [9.17, 15) is 66.6 Å². The lowest BCUT2D eigenvalue weighted by Crippen LogP contribution is -2.58. The van der Waals surface area contributed by atoms with Crippen LogP contribution in [0, 0.1) is 21.7 Å². The van der Waals surface area contributed by atoms with Gasteiger partial charge in [0.25, 0.3) is 27.8 Å². The lowest BCUT2D eigenvalue weighted by Gasteiger charge is -2.61. The van der Waals surface area contributed by atoms with E-state index in [4.69, 9.17) is 38.8 Å². The summed E-state index contributed by atoms with van der Waals surface area (Å²) in [6.45, 7) is 11.9. The normalized spacial score (nSPS) is 22.2. The summed E-state index contributed by atoms with van der Waals surface area (Å²) in [5.74, 6) is -5.12. The van der Waals surface area contributed by atoms with Crippen molar-refractivity contribution in [1.29, 1.82) is 5.41 Å². The van der Waals surface area contributed by atoms with Crippen molar-refractivity contribution in [2.45, 2.75) is 161 Å². The van der Waals surface area contributed by atoms with Crippen LogP contribution in [0.25, 0.3) is 15.8 Å². The highest BCUT2D eigenvalue weighted by atomic mass is 32.2. The summed E-state index contributed by atoms with van der Waals surface area (Å²) in [6.07, 6.45) is 4.61. The maximum Gasteiger partial charge on any atom is 0.409 e. The minimum Gasteiger partial charge on any atom is -0.496 e. The van der Waals surface area contributed by atoms with E-state index < -0.39 is 87.7 Å². The molecule has 107 heavy (non-hydrogen) atoms. The Kier molecular flexibility index (Phi) is 25.5. The fourth-order valence-corrected chi connectivity index (χ4v) is 17.6. The first-order valence-corrected chi connectivity index (χ1v) is 38.0. The first-order valence-electron chi connectivity index (χ1n) is 35.6. The number of carboxylic acid groups (broad SMARTS) is 2. The van der Waals surface area contributed by atoms with E-state index in [2.05, 4.69) is 53.9 Å². The van der Waals surface area contributed by atoms with E-state index in [1.807, 2.05) is 36.1 Å². The number of carboxylic acids is 2. The third-order valence-corrected chi connectivity index (χ3v) is 21.6. The van der Waals surface area contributed by atoms with Gasteiger partial charge in [0.2, 0.25) is 18.1 Å². The number of rotatable bonds is 34. The molecule has 5 aromatic rings. The highest BCUT2D eigenvalue weighted by molar-refractivity contribution is 7.85. The summed E-state index contributed by atoms with van der Waals surface area (Å²) in [5.41, 5.74) is 2.88. The number of unbranched alkanes of at least 4 members (excludes halogenated alkanes) is 2. The number of methoxy groups -OCH3 is 1. The van der Waals surface area contributed by atoms with Crippen LogP contribution in [0.4, 0.5) is 15.7 Å². The molecular formula is C75H94N10O20S2. The molecule has 7 atom stereocenters. The summed E-state index contributed by atoms with van der Waals surface area (Å²) in [7, 11) is -1.59. The molecule has 30 nitrogen and oxygen atoms in total. The first kappa shape index (κ1) is 80.0. The van der Waals surface area contributed by atoms with Crippen LogP contribution in [-0.2, 0) is 67.9 Å². The number of likely N-dealkylation sites (N-methyl/N-ethyl adjacent to an activating group) is 1. The predicted octanol–water partition coefficient (Wildman–Crippen LogP) is 8.30. The lowest BCUT2D eigenvalue weighted by molar-refractivity contribution is -0.195. The van der Waals surface area contributed by atoms with Crippen molar-refractivity contribution in [3.63, 3.8) is 0 Å². The van der Waals surface area contributed by atoms with Crippen molar-refractivity contribution in [3.8, 4) is 17.2 Å². The van der Waals surface area contributed by atoms with Gasteiger partial charge < -0.3 is 74.9 Å². The number of hydrogen-bond acceptors (Lipinski definition) is 23. The third-order valence-electron chi connectivity index (χ3n) is 19.9. The number of imide groups is 1. The summed E-state index contributed by atoms with van der Waals surface area (Å²) in [6, 6.07) is 17.4. The smallest absolute Gasteiger partial charge is 0.409 e. The molecule has 2 saturated carbocycles. The zero-order chi connectivity index (χ0) is 77.2. The van der Waals surface area contributed by atoms with Gasteiger partial charge in [-0.1, -0.05) is 57.6 Å². The van der Waals surface area contributed by atoms with Crippen LogP contribution in [0.2, 0.25) is 0 Å². The maximum absolute atomic E-state index is 14.0. The Hall–Kier alpha value is -9.60. The molecule has 9 N–H and O–H groups in total. The average molecular weight is 1520 g/mol. The Morgan fingerprint density at radius 3 is 2.35 bits per heavy atom. The van der Waals surface area contributed by atoms with Gasteiger partial charge in [-0.15, -0.1) is 0 Å². The summed E-state index contributed by atoms with van der Waals surface area (Å²) < 4.78 is 70.7. The molecule has 1 saturated heterocycles. The van der Waals surface area contributed by atoms with Gasteiger partial charge in [0.05, 0.1) is 42.2 Å². The second-order valence-electron chi connectivity index (χ2n) is 29.7. The van der Waals surface area contributed by atoms with Gasteiger partial charge >= 0.3 is 18.0 Å². The summed E-state index contributed by atoms with van der Waals surface area (Å²) >= 11 is 1.37. The highest BCUT2D eigenvalue weighted by Crippen LogP contribution is 2.63. The number of thiazole rings is 1. The Balaban J connectivity index is 0.751. The molecule has 3 aromatic carbocycles. The maximum atomic E-state index is 14.0. The van der Waals surface area contributed by atoms with Gasteiger partial charge in [0.1, 0.15) is 41.5 Å². The number of para-hydroxylation sites is 1. The molecule has 2 bridgehead atoms. The number of aliphatic carboxylic acids is 1. The third kappa shape index (κ3) is 20.8. The molecule has 32 heteroatoms. The standard InChI is InChI=1S/C75H94N10O20S2/c1-45(52(35-76)50-20-22-60(81-65(50)69(94)95)84-28-25-49-53(36-84)51(19-21-56(49)100-7)66(90)82-70-80-54-14-10-11-15-59(54)106-70)78-44-74(5)41-73(4)39-72(2,3)40-75(42-73,43-74)103-31-29-83(6)71(96)102-37-46-17-18-48(104-64-33-47(86)32-58(105-64)68(92)93)34-57(46)101-30-13-26-77-67(91)55(38-107(97,98)99)79-61(87)16-9-8-12-27-85-62(88)23-24-63(85)89/h10-11,14-15,17-24,34-35,47,55,58,64,76,78,86H,8-9,12-13,16,25-33,36-44H2,1-7H3,(H,77,91)(H,79,87)(H,92,93)(H,94,95)(H,80,82,90)(H,97,98,99)/b52-45+,76-35?/t47-,55-,58-,64+,73?,74?,75?/m0/s1.